The van der Waals surface area contributed by atoms with Crippen molar-refractivity contribution in [2.75, 3.05) is 26.0 Å². The molecule has 0 radical (unpaired) electrons. The third-order valence-corrected chi connectivity index (χ3v) is 3.58. The minimum atomic E-state index is -0.247. The van der Waals surface area contributed by atoms with Crippen LogP contribution in [0.2, 0.25) is 0 Å². The Morgan fingerprint density at radius 3 is 2.38 bits per heavy atom. The maximum atomic E-state index is 12.1. The van der Waals surface area contributed by atoms with Gasteiger partial charge in [0.25, 0.3) is 5.91 Å². The third-order valence-electron chi connectivity index (χ3n) is 3.58. The van der Waals surface area contributed by atoms with Gasteiger partial charge in [-0.05, 0) is 44.3 Å². The highest BCUT2D eigenvalue weighted by atomic mass is 16.2. The van der Waals surface area contributed by atoms with Crippen LogP contribution in [0.5, 0.6) is 0 Å². The van der Waals surface area contributed by atoms with Crippen molar-refractivity contribution in [1.29, 1.82) is 0 Å². The van der Waals surface area contributed by atoms with Gasteiger partial charge >= 0.3 is 0 Å². The molecule has 0 spiro atoms. The summed E-state index contributed by atoms with van der Waals surface area (Å²) >= 11 is 0. The molecule has 0 unspecified atom stereocenters. The molecule has 0 aliphatic carbocycles. The van der Waals surface area contributed by atoms with Gasteiger partial charge in [-0.1, -0.05) is 36.4 Å². The van der Waals surface area contributed by atoms with Crippen LogP contribution < -0.4 is 10.6 Å². The minimum absolute atomic E-state index is 0.0660. The molecular formula is C19H23N3O2. The molecule has 0 aromatic heterocycles. The van der Waals surface area contributed by atoms with E-state index in [-0.39, 0.29) is 18.4 Å². The Hall–Kier alpha value is -2.66. The number of anilines is 1. The zero-order valence-corrected chi connectivity index (χ0v) is 14.3. The summed E-state index contributed by atoms with van der Waals surface area (Å²) in [6, 6.07) is 14.9. The van der Waals surface area contributed by atoms with Gasteiger partial charge in [-0.2, -0.15) is 0 Å². The van der Waals surface area contributed by atoms with Crippen LogP contribution >= 0.6 is 0 Å². The molecule has 2 rings (SSSR count). The smallest absolute Gasteiger partial charge is 0.251 e. The molecule has 24 heavy (non-hydrogen) atoms. The van der Waals surface area contributed by atoms with Crippen molar-refractivity contribution in [2.24, 2.45) is 0 Å². The first-order chi connectivity index (χ1) is 11.5. The van der Waals surface area contributed by atoms with Gasteiger partial charge in [0, 0.05) is 17.8 Å². The lowest BCUT2D eigenvalue weighted by molar-refractivity contribution is -0.115. The number of nitrogens with zero attached hydrogens (tertiary/aromatic N) is 1. The van der Waals surface area contributed by atoms with E-state index in [1.807, 2.05) is 62.3 Å². The second-order valence-corrected chi connectivity index (χ2v) is 5.94. The maximum absolute atomic E-state index is 12.1. The maximum Gasteiger partial charge on any atom is 0.251 e. The Kier molecular flexibility index (Phi) is 6.09. The number of carbonyl (C=O) groups is 2. The van der Waals surface area contributed by atoms with Crippen molar-refractivity contribution in [2.45, 2.75) is 13.5 Å². The van der Waals surface area contributed by atoms with Gasteiger partial charge in [-0.3, -0.25) is 9.59 Å². The van der Waals surface area contributed by atoms with Crippen molar-refractivity contribution in [3.05, 3.63) is 65.2 Å². The predicted molar refractivity (Wildman–Crippen MR) is 96.0 cm³/mol. The molecule has 5 nitrogen and oxygen atoms in total. The fourth-order valence-corrected chi connectivity index (χ4v) is 2.40. The summed E-state index contributed by atoms with van der Waals surface area (Å²) in [6.07, 6.45) is 0. The Morgan fingerprint density at radius 1 is 1.00 bits per heavy atom. The molecule has 0 atom stereocenters. The van der Waals surface area contributed by atoms with Crippen molar-refractivity contribution < 1.29 is 9.59 Å². The lowest BCUT2D eigenvalue weighted by Crippen LogP contribution is -2.33. The van der Waals surface area contributed by atoms with Gasteiger partial charge in [0.2, 0.25) is 5.91 Å². The van der Waals surface area contributed by atoms with E-state index in [1.54, 1.807) is 12.1 Å². The second kappa shape index (κ2) is 8.26. The SMILES string of the molecule is Cc1ccccc1C(=O)NCC(=O)Nc1ccccc1CN(C)C. The number of benzene rings is 2. The van der Waals surface area contributed by atoms with Crippen LogP contribution in [0.1, 0.15) is 21.5 Å². The van der Waals surface area contributed by atoms with E-state index < -0.39 is 0 Å². The Labute approximate surface area is 142 Å². The molecule has 0 aliphatic rings. The van der Waals surface area contributed by atoms with E-state index in [0.717, 1.165) is 23.4 Å². The summed E-state index contributed by atoms with van der Waals surface area (Å²) in [6.45, 7) is 2.53. The molecule has 2 aromatic rings. The largest absolute Gasteiger partial charge is 0.343 e. The van der Waals surface area contributed by atoms with Crippen LogP contribution in [0.15, 0.2) is 48.5 Å². The molecule has 2 amide bonds. The van der Waals surface area contributed by atoms with Gasteiger partial charge in [-0.25, -0.2) is 0 Å². The summed E-state index contributed by atoms with van der Waals surface area (Å²) in [7, 11) is 3.95. The molecule has 0 heterocycles. The highest BCUT2D eigenvalue weighted by molar-refractivity contribution is 6.00. The van der Waals surface area contributed by atoms with Crippen LogP contribution in [0, 0.1) is 6.92 Å². The van der Waals surface area contributed by atoms with Gasteiger partial charge in [0.15, 0.2) is 0 Å². The quantitative estimate of drug-likeness (QED) is 0.857. The summed E-state index contributed by atoms with van der Waals surface area (Å²) in [4.78, 5) is 26.3. The fourth-order valence-electron chi connectivity index (χ4n) is 2.40. The number of rotatable bonds is 6. The van der Waals surface area contributed by atoms with E-state index in [0.29, 0.717) is 5.56 Å². The van der Waals surface area contributed by atoms with E-state index in [9.17, 15) is 9.59 Å². The molecule has 0 bridgehead atoms. The molecule has 0 aliphatic heterocycles. The number of aryl methyl sites for hydroxylation is 1. The Morgan fingerprint density at radius 2 is 1.67 bits per heavy atom. The van der Waals surface area contributed by atoms with Crippen LogP contribution in [-0.2, 0) is 11.3 Å². The Balaban J connectivity index is 1.95. The minimum Gasteiger partial charge on any atom is -0.343 e. The lowest BCUT2D eigenvalue weighted by atomic mass is 10.1. The number of carbonyl (C=O) groups excluding carboxylic acids is 2. The monoisotopic (exact) mass is 325 g/mol. The van der Waals surface area contributed by atoms with E-state index in [2.05, 4.69) is 10.6 Å². The van der Waals surface area contributed by atoms with Crippen LogP contribution in [0.4, 0.5) is 5.69 Å². The standard InChI is InChI=1S/C19H23N3O2/c1-14-8-4-6-10-16(14)19(24)20-12-18(23)21-17-11-7-5-9-15(17)13-22(2)3/h4-11H,12-13H2,1-3H3,(H,20,24)(H,21,23). The average Bonchev–Trinajstić information content (AvgIpc) is 2.54. The first-order valence-corrected chi connectivity index (χ1v) is 7.83. The van der Waals surface area contributed by atoms with Crippen molar-refractivity contribution in [1.82, 2.24) is 10.2 Å². The lowest BCUT2D eigenvalue weighted by Gasteiger charge is -2.15. The van der Waals surface area contributed by atoms with Crippen LogP contribution in [0.3, 0.4) is 0 Å². The van der Waals surface area contributed by atoms with Crippen molar-refractivity contribution >= 4 is 17.5 Å². The highest BCUT2D eigenvalue weighted by Crippen LogP contribution is 2.16. The number of para-hydroxylation sites is 1. The van der Waals surface area contributed by atoms with Crippen LogP contribution in [0.25, 0.3) is 0 Å². The predicted octanol–water partition coefficient (Wildman–Crippen LogP) is 2.43. The van der Waals surface area contributed by atoms with E-state index in [1.165, 1.54) is 0 Å². The number of hydrogen-bond donors (Lipinski definition) is 2. The normalized spacial score (nSPS) is 10.5. The van der Waals surface area contributed by atoms with Crippen molar-refractivity contribution in [3.63, 3.8) is 0 Å². The van der Waals surface area contributed by atoms with Gasteiger partial charge in [-0.15, -0.1) is 0 Å². The first kappa shape index (κ1) is 17.7. The number of amides is 2. The number of hydrogen-bond acceptors (Lipinski definition) is 3. The van der Waals surface area contributed by atoms with E-state index >= 15 is 0 Å². The molecule has 0 saturated heterocycles. The molecule has 0 saturated carbocycles. The molecule has 5 heteroatoms. The summed E-state index contributed by atoms with van der Waals surface area (Å²) < 4.78 is 0. The first-order valence-electron chi connectivity index (χ1n) is 7.83. The van der Waals surface area contributed by atoms with Gasteiger partial charge in [0.05, 0.1) is 6.54 Å². The zero-order valence-electron chi connectivity index (χ0n) is 14.3. The fraction of sp³-hybridized carbons (Fsp3) is 0.263. The van der Waals surface area contributed by atoms with Crippen molar-refractivity contribution in [3.8, 4) is 0 Å². The second-order valence-electron chi connectivity index (χ2n) is 5.94. The summed E-state index contributed by atoms with van der Waals surface area (Å²) in [5, 5.41) is 5.52. The molecule has 0 fully saturated rings. The number of nitrogens with one attached hydrogen (secondary N) is 2. The Bertz CT molecular complexity index is 726. The van der Waals surface area contributed by atoms with Gasteiger partial charge in [0.1, 0.15) is 0 Å². The molecule has 2 N–H and O–H groups in total. The zero-order chi connectivity index (χ0) is 17.5. The molecule has 126 valence electrons. The molecular weight excluding hydrogens is 302 g/mol. The third kappa shape index (κ3) is 4.93. The highest BCUT2D eigenvalue weighted by Gasteiger charge is 2.11. The van der Waals surface area contributed by atoms with Crippen LogP contribution in [-0.4, -0.2) is 37.4 Å². The summed E-state index contributed by atoms with van der Waals surface area (Å²) in [5.74, 6) is -0.493. The van der Waals surface area contributed by atoms with Gasteiger partial charge < -0.3 is 15.5 Å². The average molecular weight is 325 g/mol. The van der Waals surface area contributed by atoms with E-state index in [4.69, 9.17) is 0 Å². The summed E-state index contributed by atoms with van der Waals surface area (Å²) in [5.41, 5.74) is 3.26. The molecule has 2 aromatic carbocycles. The topological polar surface area (TPSA) is 61.4 Å².